The maximum absolute atomic E-state index is 12.2. The highest BCUT2D eigenvalue weighted by Gasteiger charge is 2.25. The normalized spacial score (nSPS) is 12.6. The number of aromatic nitrogens is 2. The molecule has 0 aliphatic heterocycles. The van der Waals surface area contributed by atoms with Gasteiger partial charge in [-0.2, -0.15) is 0 Å². The van der Waals surface area contributed by atoms with Crippen LogP contribution in [0.5, 0.6) is 5.75 Å². The number of ether oxygens (including phenoxy) is 1. The molecule has 0 spiro atoms. The van der Waals surface area contributed by atoms with Crippen molar-refractivity contribution in [1.29, 1.82) is 0 Å². The van der Waals surface area contributed by atoms with Gasteiger partial charge in [-0.05, 0) is 42.3 Å². The molecule has 0 saturated carbocycles. The number of benzene rings is 2. The van der Waals surface area contributed by atoms with Crippen LogP contribution in [0.25, 0.3) is 10.9 Å². The van der Waals surface area contributed by atoms with E-state index < -0.39 is 0 Å². The van der Waals surface area contributed by atoms with Crippen LogP contribution < -0.4 is 4.74 Å². The third-order valence-corrected chi connectivity index (χ3v) is 6.36. The van der Waals surface area contributed by atoms with E-state index in [1.165, 1.54) is 0 Å². The van der Waals surface area contributed by atoms with Crippen molar-refractivity contribution in [3.8, 4) is 5.75 Å². The molecule has 0 fully saturated rings. The van der Waals surface area contributed by atoms with E-state index in [4.69, 9.17) is 4.74 Å². The number of hydrogen-bond donors (Lipinski definition) is 1. The number of nitrogens with zero attached hydrogens (tertiary/aromatic N) is 1. The number of pyridine rings is 1. The zero-order valence-electron chi connectivity index (χ0n) is 18.7. The van der Waals surface area contributed by atoms with Crippen LogP contribution in [0.2, 0.25) is 0 Å². The highest BCUT2D eigenvalue weighted by atomic mass is 32.2. The van der Waals surface area contributed by atoms with E-state index in [0.29, 0.717) is 13.0 Å². The number of fused-ring (bicyclic) bond motifs is 1. The lowest BCUT2D eigenvalue weighted by atomic mass is 9.97. The number of hydrogen-bond acceptors (Lipinski definition) is 4. The minimum atomic E-state index is -0.243. The molecule has 0 bridgehead atoms. The molecular formula is C27H28N2O2S. The molecule has 164 valence electrons. The first-order chi connectivity index (χ1) is 15.4. The first-order valence-corrected chi connectivity index (χ1v) is 11.6. The van der Waals surface area contributed by atoms with E-state index in [0.717, 1.165) is 44.8 Å². The summed E-state index contributed by atoms with van der Waals surface area (Å²) in [5.41, 5.74) is 4.02. The predicted octanol–water partition coefficient (Wildman–Crippen LogP) is 6.56. The van der Waals surface area contributed by atoms with E-state index >= 15 is 0 Å². The highest BCUT2D eigenvalue weighted by molar-refractivity contribution is 8.00. The Labute approximate surface area is 193 Å². The van der Waals surface area contributed by atoms with E-state index in [1.54, 1.807) is 18.0 Å². The summed E-state index contributed by atoms with van der Waals surface area (Å²) < 4.78 is 6.02. The lowest BCUT2D eigenvalue weighted by molar-refractivity contribution is -0.109. The fraction of sp³-hybridized carbons (Fsp3) is 0.259. The van der Waals surface area contributed by atoms with Crippen molar-refractivity contribution < 1.29 is 9.53 Å². The smallest absolute Gasteiger partial charge is 0.130 e. The molecule has 1 atom stereocenters. The molecule has 0 aliphatic rings. The predicted molar refractivity (Wildman–Crippen MR) is 131 cm³/mol. The number of nitrogens with one attached hydrogen (secondary N) is 1. The third kappa shape index (κ3) is 5.40. The topological polar surface area (TPSA) is 55.0 Å². The zero-order valence-corrected chi connectivity index (χ0v) is 19.5. The molecule has 1 N–H and O–H groups in total. The second-order valence-electron chi connectivity index (χ2n) is 8.83. The van der Waals surface area contributed by atoms with E-state index in [1.807, 2.05) is 48.5 Å². The Kier molecular flexibility index (Phi) is 6.66. The number of thioether (sulfide) groups is 1. The summed E-state index contributed by atoms with van der Waals surface area (Å²) in [7, 11) is 0. The van der Waals surface area contributed by atoms with Crippen molar-refractivity contribution in [3.05, 3.63) is 89.9 Å². The maximum Gasteiger partial charge on any atom is 0.130 e. The Morgan fingerprint density at radius 2 is 1.84 bits per heavy atom. The first kappa shape index (κ1) is 22.2. The molecular weight excluding hydrogens is 416 g/mol. The van der Waals surface area contributed by atoms with Crippen molar-refractivity contribution in [2.75, 3.05) is 0 Å². The molecule has 2 aromatic heterocycles. The largest absolute Gasteiger partial charge is 0.487 e. The monoisotopic (exact) mass is 444 g/mol. The van der Waals surface area contributed by atoms with Crippen LogP contribution in [0.15, 0.2) is 77.8 Å². The quantitative estimate of drug-likeness (QED) is 0.247. The Hall–Kier alpha value is -3.05. The van der Waals surface area contributed by atoms with Crippen LogP contribution >= 0.6 is 11.8 Å². The summed E-state index contributed by atoms with van der Waals surface area (Å²) in [6, 6.07) is 22.0. The van der Waals surface area contributed by atoms with Crippen molar-refractivity contribution in [3.63, 3.8) is 0 Å². The molecule has 32 heavy (non-hydrogen) atoms. The van der Waals surface area contributed by atoms with Gasteiger partial charge in [-0.25, -0.2) is 0 Å². The van der Waals surface area contributed by atoms with Gasteiger partial charge in [-0.1, -0.05) is 57.2 Å². The number of aromatic amines is 1. The van der Waals surface area contributed by atoms with Gasteiger partial charge in [0.2, 0.25) is 0 Å². The Balaban J connectivity index is 1.69. The molecule has 0 saturated heterocycles. The van der Waals surface area contributed by atoms with Gasteiger partial charge in [0.05, 0.1) is 11.6 Å². The van der Waals surface area contributed by atoms with Crippen LogP contribution in [0.4, 0.5) is 0 Å². The first-order valence-electron chi connectivity index (χ1n) is 10.8. The highest BCUT2D eigenvalue weighted by Crippen LogP contribution is 2.43. The van der Waals surface area contributed by atoms with Gasteiger partial charge >= 0.3 is 0 Å². The number of aldehydes is 1. The van der Waals surface area contributed by atoms with Gasteiger partial charge < -0.3 is 14.5 Å². The van der Waals surface area contributed by atoms with E-state index in [2.05, 4.69) is 48.9 Å². The van der Waals surface area contributed by atoms with E-state index in [9.17, 15) is 4.79 Å². The van der Waals surface area contributed by atoms with Gasteiger partial charge in [0.15, 0.2) is 0 Å². The second kappa shape index (κ2) is 9.61. The van der Waals surface area contributed by atoms with Gasteiger partial charge in [0, 0.05) is 32.4 Å². The average molecular weight is 445 g/mol. The minimum absolute atomic E-state index is 0.00508. The van der Waals surface area contributed by atoms with Crippen molar-refractivity contribution in [2.45, 2.75) is 49.4 Å². The average Bonchev–Trinajstić information content (AvgIpc) is 3.13. The molecule has 0 radical (unpaired) electrons. The summed E-state index contributed by atoms with van der Waals surface area (Å²) in [6.07, 6.45) is 3.49. The maximum atomic E-state index is 12.2. The SMILES string of the molecule is CC(C)(C)Sc1c(C(C=O)Cc2ccccc2)[nH]c2ccc(OCc3ccccn3)cc12. The van der Waals surface area contributed by atoms with Crippen molar-refractivity contribution in [1.82, 2.24) is 9.97 Å². The molecule has 4 nitrogen and oxygen atoms in total. The molecule has 1 unspecified atom stereocenters. The van der Waals surface area contributed by atoms with Crippen LogP contribution in [0, 0.1) is 0 Å². The van der Waals surface area contributed by atoms with Crippen molar-refractivity contribution in [2.24, 2.45) is 0 Å². The van der Waals surface area contributed by atoms with Crippen LogP contribution in [-0.4, -0.2) is 21.0 Å². The summed E-state index contributed by atoms with van der Waals surface area (Å²) in [4.78, 5) is 21.1. The summed E-state index contributed by atoms with van der Waals surface area (Å²) in [6.45, 7) is 6.98. The van der Waals surface area contributed by atoms with Crippen LogP contribution in [0.3, 0.4) is 0 Å². The zero-order chi connectivity index (χ0) is 22.6. The van der Waals surface area contributed by atoms with Gasteiger partial charge in [-0.3, -0.25) is 4.98 Å². The lowest BCUT2D eigenvalue weighted by Gasteiger charge is -2.20. The Morgan fingerprint density at radius 1 is 1.06 bits per heavy atom. The summed E-state index contributed by atoms with van der Waals surface area (Å²) in [5, 5.41) is 1.08. The molecule has 4 aromatic rings. The number of H-pyrrole nitrogens is 1. The van der Waals surface area contributed by atoms with Gasteiger partial charge in [-0.15, -0.1) is 11.8 Å². The summed E-state index contributed by atoms with van der Waals surface area (Å²) in [5.74, 6) is 0.544. The molecule has 0 aliphatic carbocycles. The van der Waals surface area contributed by atoms with Gasteiger partial charge in [0.1, 0.15) is 18.6 Å². The molecule has 2 aromatic carbocycles. The third-order valence-electron chi connectivity index (χ3n) is 5.10. The summed E-state index contributed by atoms with van der Waals surface area (Å²) >= 11 is 1.78. The minimum Gasteiger partial charge on any atom is -0.487 e. The number of carbonyl (C=O) groups excluding carboxylic acids is 1. The standard InChI is InChI=1S/C27H28N2O2S/c1-27(2,3)32-26-23-16-22(31-18-21-11-7-8-14-28-21)12-13-24(23)29-25(26)20(17-30)15-19-9-5-4-6-10-19/h4-14,16-17,20,29H,15,18H2,1-3H3. The molecule has 2 heterocycles. The number of rotatable bonds is 8. The molecule has 5 heteroatoms. The van der Waals surface area contributed by atoms with Gasteiger partial charge in [0.25, 0.3) is 0 Å². The Morgan fingerprint density at radius 3 is 2.53 bits per heavy atom. The fourth-order valence-corrected chi connectivity index (χ4v) is 4.86. The van der Waals surface area contributed by atoms with Crippen LogP contribution in [-0.2, 0) is 17.8 Å². The molecule has 4 rings (SSSR count). The fourth-order valence-electron chi connectivity index (χ4n) is 3.66. The van der Waals surface area contributed by atoms with Crippen molar-refractivity contribution >= 4 is 29.0 Å². The second-order valence-corrected chi connectivity index (χ2v) is 10.7. The number of carbonyl (C=O) groups is 1. The Bertz CT molecular complexity index is 1180. The molecule has 0 amide bonds. The lowest BCUT2D eigenvalue weighted by Crippen LogP contribution is -2.10. The van der Waals surface area contributed by atoms with E-state index in [-0.39, 0.29) is 10.7 Å². The van der Waals surface area contributed by atoms with Crippen LogP contribution in [0.1, 0.15) is 43.6 Å².